The minimum absolute atomic E-state index is 0.175. The van der Waals surface area contributed by atoms with Gasteiger partial charge < -0.3 is 5.32 Å². The maximum Gasteiger partial charge on any atom is 0.224 e. The third-order valence-electron chi connectivity index (χ3n) is 3.69. The van der Waals surface area contributed by atoms with Gasteiger partial charge in [0, 0.05) is 12.1 Å². The average molecular weight is 215 g/mol. The van der Waals surface area contributed by atoms with E-state index in [-0.39, 0.29) is 5.91 Å². The standard InChI is InChI=1S/C14H17NO/c16-14-7-3-6-12-8-10-4-1-2-5-11(10)9-13(12)15-14/h8-9H,1-7H2,(H,15,16). The summed E-state index contributed by atoms with van der Waals surface area (Å²) in [7, 11) is 0. The number of aryl methyl sites for hydroxylation is 3. The summed E-state index contributed by atoms with van der Waals surface area (Å²) in [4.78, 5) is 11.5. The van der Waals surface area contributed by atoms with Crippen LogP contribution >= 0.6 is 0 Å². The fourth-order valence-electron chi connectivity index (χ4n) is 2.81. The van der Waals surface area contributed by atoms with Gasteiger partial charge in [-0.25, -0.2) is 0 Å². The summed E-state index contributed by atoms with van der Waals surface area (Å²) in [5, 5.41) is 3.03. The van der Waals surface area contributed by atoms with Gasteiger partial charge in [-0.1, -0.05) is 6.07 Å². The van der Waals surface area contributed by atoms with Crippen LogP contribution in [0.2, 0.25) is 0 Å². The van der Waals surface area contributed by atoms with Crippen molar-refractivity contribution in [1.82, 2.24) is 0 Å². The summed E-state index contributed by atoms with van der Waals surface area (Å²) < 4.78 is 0. The summed E-state index contributed by atoms with van der Waals surface area (Å²) in [5.74, 6) is 0.175. The van der Waals surface area contributed by atoms with Gasteiger partial charge in [0.25, 0.3) is 0 Å². The van der Waals surface area contributed by atoms with E-state index in [0.29, 0.717) is 6.42 Å². The molecule has 1 N–H and O–H groups in total. The molecule has 1 amide bonds. The third-order valence-corrected chi connectivity index (χ3v) is 3.69. The SMILES string of the molecule is O=C1CCCc2cc3c(cc2N1)CCCC3. The molecule has 0 radical (unpaired) electrons. The van der Waals surface area contributed by atoms with Crippen molar-refractivity contribution >= 4 is 11.6 Å². The second-order valence-electron chi connectivity index (χ2n) is 4.89. The topological polar surface area (TPSA) is 29.1 Å². The second-order valence-corrected chi connectivity index (χ2v) is 4.89. The molecule has 2 aliphatic rings. The normalized spacial score (nSPS) is 19.4. The average Bonchev–Trinajstić information content (AvgIpc) is 2.46. The quantitative estimate of drug-likeness (QED) is 0.708. The lowest BCUT2D eigenvalue weighted by atomic mass is 9.89. The number of benzene rings is 1. The Morgan fingerprint density at radius 3 is 2.31 bits per heavy atom. The minimum Gasteiger partial charge on any atom is -0.326 e. The van der Waals surface area contributed by atoms with Gasteiger partial charge in [-0.05, 0) is 61.3 Å². The predicted octanol–water partition coefficient (Wildman–Crippen LogP) is 2.84. The van der Waals surface area contributed by atoms with E-state index in [1.165, 1.54) is 42.4 Å². The fourth-order valence-corrected chi connectivity index (χ4v) is 2.81. The van der Waals surface area contributed by atoms with E-state index in [4.69, 9.17) is 0 Å². The number of carbonyl (C=O) groups is 1. The number of hydrogen-bond donors (Lipinski definition) is 1. The molecule has 2 nitrogen and oxygen atoms in total. The van der Waals surface area contributed by atoms with Crippen molar-refractivity contribution in [3.05, 3.63) is 28.8 Å². The molecule has 16 heavy (non-hydrogen) atoms. The first-order valence-electron chi connectivity index (χ1n) is 6.27. The molecule has 0 bridgehead atoms. The van der Waals surface area contributed by atoms with Crippen LogP contribution in [0.1, 0.15) is 42.4 Å². The number of amides is 1. The zero-order chi connectivity index (χ0) is 11.0. The van der Waals surface area contributed by atoms with Crippen LogP contribution in [0.15, 0.2) is 12.1 Å². The van der Waals surface area contributed by atoms with Gasteiger partial charge in [-0.2, -0.15) is 0 Å². The molecule has 0 fully saturated rings. The summed E-state index contributed by atoms with van der Waals surface area (Å²) in [5.41, 5.74) is 5.38. The molecule has 0 unspecified atom stereocenters. The molecule has 84 valence electrons. The largest absolute Gasteiger partial charge is 0.326 e. The number of rotatable bonds is 0. The predicted molar refractivity (Wildman–Crippen MR) is 64.7 cm³/mol. The smallest absolute Gasteiger partial charge is 0.224 e. The molecular weight excluding hydrogens is 198 g/mol. The maximum absolute atomic E-state index is 11.5. The van der Waals surface area contributed by atoms with Crippen molar-refractivity contribution in [1.29, 1.82) is 0 Å². The molecule has 2 heteroatoms. The van der Waals surface area contributed by atoms with Crippen molar-refractivity contribution in [3.63, 3.8) is 0 Å². The molecule has 1 aromatic rings. The lowest BCUT2D eigenvalue weighted by Crippen LogP contribution is -2.11. The Balaban J connectivity index is 2.04. The van der Waals surface area contributed by atoms with Crippen molar-refractivity contribution < 1.29 is 4.79 Å². The number of nitrogens with one attached hydrogen (secondary N) is 1. The molecule has 0 saturated heterocycles. The Morgan fingerprint density at radius 1 is 0.812 bits per heavy atom. The van der Waals surface area contributed by atoms with E-state index in [0.717, 1.165) is 18.5 Å². The number of anilines is 1. The van der Waals surface area contributed by atoms with Crippen LogP contribution in [-0.4, -0.2) is 5.91 Å². The van der Waals surface area contributed by atoms with Gasteiger partial charge in [-0.3, -0.25) is 4.79 Å². The minimum atomic E-state index is 0.175. The monoisotopic (exact) mass is 215 g/mol. The highest BCUT2D eigenvalue weighted by atomic mass is 16.1. The molecular formula is C14H17NO. The first-order chi connectivity index (χ1) is 7.83. The molecule has 0 aromatic heterocycles. The van der Waals surface area contributed by atoms with Gasteiger partial charge in [0.1, 0.15) is 0 Å². The zero-order valence-corrected chi connectivity index (χ0v) is 9.51. The second kappa shape index (κ2) is 3.93. The van der Waals surface area contributed by atoms with Crippen molar-refractivity contribution in [2.24, 2.45) is 0 Å². The molecule has 1 aliphatic carbocycles. The number of hydrogen-bond acceptors (Lipinski definition) is 1. The van der Waals surface area contributed by atoms with Crippen LogP contribution in [-0.2, 0) is 24.1 Å². The van der Waals surface area contributed by atoms with Gasteiger partial charge in [0.05, 0.1) is 0 Å². The van der Waals surface area contributed by atoms with Crippen LogP contribution in [0.5, 0.6) is 0 Å². The summed E-state index contributed by atoms with van der Waals surface area (Å²) >= 11 is 0. The first-order valence-corrected chi connectivity index (χ1v) is 6.27. The molecule has 0 atom stereocenters. The highest BCUT2D eigenvalue weighted by Crippen LogP contribution is 2.30. The van der Waals surface area contributed by atoms with Gasteiger partial charge >= 0.3 is 0 Å². The molecule has 1 heterocycles. The molecule has 1 aromatic carbocycles. The van der Waals surface area contributed by atoms with Crippen molar-refractivity contribution in [2.75, 3.05) is 5.32 Å². The van der Waals surface area contributed by atoms with E-state index in [9.17, 15) is 4.79 Å². The van der Waals surface area contributed by atoms with Gasteiger partial charge in [-0.15, -0.1) is 0 Å². The van der Waals surface area contributed by atoms with E-state index < -0.39 is 0 Å². The Hall–Kier alpha value is -1.31. The first kappa shape index (κ1) is 9.88. The van der Waals surface area contributed by atoms with Gasteiger partial charge in [0.15, 0.2) is 0 Å². The Labute approximate surface area is 96.1 Å². The van der Waals surface area contributed by atoms with Crippen molar-refractivity contribution in [3.8, 4) is 0 Å². The molecule has 0 saturated carbocycles. The lowest BCUT2D eigenvalue weighted by molar-refractivity contribution is -0.116. The van der Waals surface area contributed by atoms with E-state index in [1.807, 2.05) is 0 Å². The van der Waals surface area contributed by atoms with Crippen LogP contribution in [0, 0.1) is 0 Å². The highest BCUT2D eigenvalue weighted by molar-refractivity contribution is 5.92. The highest BCUT2D eigenvalue weighted by Gasteiger charge is 2.17. The van der Waals surface area contributed by atoms with Crippen LogP contribution in [0.4, 0.5) is 5.69 Å². The van der Waals surface area contributed by atoms with E-state index in [2.05, 4.69) is 17.4 Å². The third kappa shape index (κ3) is 1.73. The van der Waals surface area contributed by atoms with Crippen molar-refractivity contribution in [2.45, 2.75) is 44.9 Å². The molecule has 3 rings (SSSR count). The fraction of sp³-hybridized carbons (Fsp3) is 0.500. The Kier molecular flexibility index (Phi) is 2.43. The van der Waals surface area contributed by atoms with Crippen LogP contribution < -0.4 is 5.32 Å². The summed E-state index contributed by atoms with van der Waals surface area (Å²) in [6.45, 7) is 0. The van der Waals surface area contributed by atoms with Gasteiger partial charge in [0.2, 0.25) is 5.91 Å². The van der Waals surface area contributed by atoms with E-state index in [1.54, 1.807) is 0 Å². The van der Waals surface area contributed by atoms with Crippen LogP contribution in [0.3, 0.4) is 0 Å². The Bertz CT molecular complexity index is 437. The lowest BCUT2D eigenvalue weighted by Gasteiger charge is -2.19. The zero-order valence-electron chi connectivity index (χ0n) is 9.51. The Morgan fingerprint density at radius 2 is 1.50 bits per heavy atom. The summed E-state index contributed by atoms with van der Waals surface area (Å²) in [6, 6.07) is 4.54. The molecule has 1 aliphatic heterocycles. The number of carbonyl (C=O) groups excluding carboxylic acids is 1. The number of fused-ring (bicyclic) bond motifs is 2. The molecule has 0 spiro atoms. The summed E-state index contributed by atoms with van der Waals surface area (Å²) in [6.07, 6.45) is 7.70. The van der Waals surface area contributed by atoms with E-state index >= 15 is 0 Å². The maximum atomic E-state index is 11.5. The van der Waals surface area contributed by atoms with Crippen LogP contribution in [0.25, 0.3) is 0 Å².